The summed E-state index contributed by atoms with van der Waals surface area (Å²) in [4.78, 5) is 2.43. The third-order valence-corrected chi connectivity index (χ3v) is 4.12. The SMILES string of the molecule is CC(Nc1ccc(N2CCCC2)cc1)c1ccccc1O. The van der Waals surface area contributed by atoms with Crippen LogP contribution in [0.2, 0.25) is 0 Å². The van der Waals surface area contributed by atoms with Crippen molar-refractivity contribution in [2.75, 3.05) is 23.3 Å². The molecule has 0 spiro atoms. The summed E-state index contributed by atoms with van der Waals surface area (Å²) >= 11 is 0. The van der Waals surface area contributed by atoms with Crippen LogP contribution in [0.15, 0.2) is 48.5 Å². The molecule has 1 unspecified atom stereocenters. The number of hydrogen-bond acceptors (Lipinski definition) is 3. The number of rotatable bonds is 4. The highest BCUT2D eigenvalue weighted by atomic mass is 16.3. The predicted molar refractivity (Wildman–Crippen MR) is 88.0 cm³/mol. The highest BCUT2D eigenvalue weighted by Crippen LogP contribution is 2.28. The summed E-state index contributed by atoms with van der Waals surface area (Å²) in [6.45, 7) is 4.39. The maximum absolute atomic E-state index is 9.90. The van der Waals surface area contributed by atoms with E-state index in [-0.39, 0.29) is 6.04 Å². The largest absolute Gasteiger partial charge is 0.508 e. The zero-order chi connectivity index (χ0) is 14.7. The summed E-state index contributed by atoms with van der Waals surface area (Å²) < 4.78 is 0. The standard InChI is InChI=1S/C18H22N2O/c1-14(17-6-2-3-7-18(17)21)19-15-8-10-16(11-9-15)20-12-4-5-13-20/h2-3,6-11,14,19,21H,4-5,12-13H2,1H3. The van der Waals surface area contributed by atoms with Gasteiger partial charge >= 0.3 is 0 Å². The Kier molecular flexibility index (Phi) is 4.00. The number of hydrogen-bond donors (Lipinski definition) is 2. The second-order valence-corrected chi connectivity index (χ2v) is 5.67. The quantitative estimate of drug-likeness (QED) is 0.883. The molecule has 1 heterocycles. The minimum atomic E-state index is 0.0730. The van der Waals surface area contributed by atoms with Crippen LogP contribution in [0.25, 0.3) is 0 Å². The van der Waals surface area contributed by atoms with E-state index in [1.165, 1.54) is 31.6 Å². The number of nitrogens with zero attached hydrogens (tertiary/aromatic N) is 1. The van der Waals surface area contributed by atoms with Gasteiger partial charge in [0.05, 0.1) is 6.04 Å². The fourth-order valence-corrected chi connectivity index (χ4v) is 2.93. The molecule has 21 heavy (non-hydrogen) atoms. The summed E-state index contributed by atoms with van der Waals surface area (Å²) in [6, 6.07) is 16.1. The van der Waals surface area contributed by atoms with Crippen molar-refractivity contribution >= 4 is 11.4 Å². The first-order valence-electron chi connectivity index (χ1n) is 7.63. The molecule has 0 bridgehead atoms. The Morgan fingerprint density at radius 1 is 1.00 bits per heavy atom. The Hall–Kier alpha value is -2.16. The Morgan fingerprint density at radius 3 is 2.33 bits per heavy atom. The zero-order valence-corrected chi connectivity index (χ0v) is 12.4. The Bertz CT molecular complexity index is 588. The molecule has 2 aromatic rings. The van der Waals surface area contributed by atoms with Crippen LogP contribution in [0.5, 0.6) is 5.75 Å². The van der Waals surface area contributed by atoms with E-state index in [2.05, 4.69) is 41.4 Å². The number of phenolic OH excluding ortho intramolecular Hbond substituents is 1. The lowest BCUT2D eigenvalue weighted by molar-refractivity contribution is 0.465. The molecule has 1 aliphatic heterocycles. The van der Waals surface area contributed by atoms with Gasteiger partial charge in [0.2, 0.25) is 0 Å². The molecule has 1 atom stereocenters. The van der Waals surface area contributed by atoms with E-state index in [0.717, 1.165) is 11.3 Å². The van der Waals surface area contributed by atoms with Gasteiger partial charge in [-0.3, -0.25) is 0 Å². The molecular weight excluding hydrogens is 260 g/mol. The van der Waals surface area contributed by atoms with Gasteiger partial charge in [-0.15, -0.1) is 0 Å². The number of phenols is 1. The van der Waals surface area contributed by atoms with Crippen LogP contribution in [0.4, 0.5) is 11.4 Å². The molecule has 3 heteroatoms. The van der Waals surface area contributed by atoms with E-state index >= 15 is 0 Å². The van der Waals surface area contributed by atoms with Gasteiger partial charge in [-0.05, 0) is 50.1 Å². The second kappa shape index (κ2) is 6.08. The molecule has 0 amide bonds. The Labute approximate surface area is 126 Å². The van der Waals surface area contributed by atoms with E-state index < -0.39 is 0 Å². The molecule has 3 nitrogen and oxygen atoms in total. The van der Waals surface area contributed by atoms with Gasteiger partial charge < -0.3 is 15.3 Å². The fourth-order valence-electron chi connectivity index (χ4n) is 2.93. The summed E-state index contributed by atoms with van der Waals surface area (Å²) in [5.74, 6) is 0.339. The maximum atomic E-state index is 9.90. The lowest BCUT2D eigenvalue weighted by atomic mass is 10.1. The Morgan fingerprint density at radius 2 is 1.67 bits per heavy atom. The summed E-state index contributed by atoms with van der Waals surface area (Å²) in [5, 5.41) is 13.3. The first kappa shape index (κ1) is 13.8. The van der Waals surface area contributed by atoms with Gasteiger partial charge in [-0.1, -0.05) is 18.2 Å². The van der Waals surface area contributed by atoms with Crippen molar-refractivity contribution in [3.8, 4) is 5.75 Å². The first-order valence-corrected chi connectivity index (χ1v) is 7.63. The molecule has 0 aromatic heterocycles. The monoisotopic (exact) mass is 282 g/mol. The van der Waals surface area contributed by atoms with E-state index in [0.29, 0.717) is 5.75 Å². The van der Waals surface area contributed by atoms with Crippen LogP contribution in [0, 0.1) is 0 Å². The van der Waals surface area contributed by atoms with Crippen LogP contribution < -0.4 is 10.2 Å². The van der Waals surface area contributed by atoms with Crippen LogP contribution in [0.3, 0.4) is 0 Å². The Balaban J connectivity index is 1.69. The second-order valence-electron chi connectivity index (χ2n) is 5.67. The van der Waals surface area contributed by atoms with Crippen LogP contribution in [-0.2, 0) is 0 Å². The van der Waals surface area contributed by atoms with Crippen molar-refractivity contribution in [3.63, 3.8) is 0 Å². The topological polar surface area (TPSA) is 35.5 Å². The molecule has 1 aliphatic rings. The van der Waals surface area contributed by atoms with Crippen LogP contribution >= 0.6 is 0 Å². The minimum Gasteiger partial charge on any atom is -0.508 e. The molecule has 1 saturated heterocycles. The highest BCUT2D eigenvalue weighted by molar-refractivity contribution is 5.56. The van der Waals surface area contributed by atoms with Gasteiger partial charge in [0.25, 0.3) is 0 Å². The third-order valence-electron chi connectivity index (χ3n) is 4.12. The number of nitrogens with one attached hydrogen (secondary N) is 1. The van der Waals surface area contributed by atoms with Crippen molar-refractivity contribution in [2.24, 2.45) is 0 Å². The molecule has 2 aromatic carbocycles. The third kappa shape index (κ3) is 3.13. The normalized spacial score (nSPS) is 16.0. The van der Waals surface area contributed by atoms with Crippen molar-refractivity contribution < 1.29 is 5.11 Å². The minimum absolute atomic E-state index is 0.0730. The molecule has 1 fully saturated rings. The number of benzene rings is 2. The number of anilines is 2. The summed E-state index contributed by atoms with van der Waals surface area (Å²) in [5.41, 5.74) is 3.29. The van der Waals surface area contributed by atoms with E-state index in [1.54, 1.807) is 6.07 Å². The van der Waals surface area contributed by atoms with Crippen molar-refractivity contribution in [1.29, 1.82) is 0 Å². The van der Waals surface area contributed by atoms with Crippen molar-refractivity contribution in [2.45, 2.75) is 25.8 Å². The summed E-state index contributed by atoms with van der Waals surface area (Å²) in [7, 11) is 0. The van der Waals surface area contributed by atoms with E-state index in [1.807, 2.05) is 18.2 Å². The van der Waals surface area contributed by atoms with Gasteiger partial charge in [0, 0.05) is 30.0 Å². The molecular formula is C18H22N2O. The lowest BCUT2D eigenvalue weighted by Crippen LogP contribution is -2.17. The van der Waals surface area contributed by atoms with E-state index in [9.17, 15) is 5.11 Å². The summed E-state index contributed by atoms with van der Waals surface area (Å²) in [6.07, 6.45) is 2.59. The van der Waals surface area contributed by atoms with Crippen LogP contribution in [-0.4, -0.2) is 18.2 Å². The molecule has 0 saturated carbocycles. The molecule has 110 valence electrons. The molecule has 0 radical (unpaired) electrons. The molecule has 3 rings (SSSR count). The molecule has 0 aliphatic carbocycles. The van der Waals surface area contributed by atoms with Gasteiger partial charge in [0.1, 0.15) is 5.75 Å². The first-order chi connectivity index (χ1) is 10.2. The number of aromatic hydroxyl groups is 1. The predicted octanol–water partition coefficient (Wildman–Crippen LogP) is 4.17. The fraction of sp³-hybridized carbons (Fsp3) is 0.333. The van der Waals surface area contributed by atoms with Crippen molar-refractivity contribution in [3.05, 3.63) is 54.1 Å². The van der Waals surface area contributed by atoms with Crippen molar-refractivity contribution in [1.82, 2.24) is 0 Å². The average Bonchev–Trinajstić information content (AvgIpc) is 3.02. The highest BCUT2D eigenvalue weighted by Gasteiger charge is 2.13. The zero-order valence-electron chi connectivity index (χ0n) is 12.4. The molecule has 2 N–H and O–H groups in total. The average molecular weight is 282 g/mol. The lowest BCUT2D eigenvalue weighted by Gasteiger charge is -2.20. The van der Waals surface area contributed by atoms with Crippen LogP contribution in [0.1, 0.15) is 31.4 Å². The smallest absolute Gasteiger partial charge is 0.120 e. The van der Waals surface area contributed by atoms with Gasteiger partial charge in [0.15, 0.2) is 0 Å². The number of para-hydroxylation sites is 1. The van der Waals surface area contributed by atoms with Gasteiger partial charge in [-0.25, -0.2) is 0 Å². The van der Waals surface area contributed by atoms with Gasteiger partial charge in [-0.2, -0.15) is 0 Å². The maximum Gasteiger partial charge on any atom is 0.120 e. The van der Waals surface area contributed by atoms with E-state index in [4.69, 9.17) is 0 Å².